The van der Waals surface area contributed by atoms with Crippen LogP contribution >= 0.6 is 11.6 Å². The number of carbonyl (C=O) groups excluding carboxylic acids is 1. The van der Waals surface area contributed by atoms with Gasteiger partial charge < -0.3 is 10.5 Å². The van der Waals surface area contributed by atoms with Crippen LogP contribution in [0.5, 0.6) is 0 Å². The van der Waals surface area contributed by atoms with Gasteiger partial charge in [0.1, 0.15) is 6.61 Å². The van der Waals surface area contributed by atoms with E-state index in [-0.39, 0.29) is 6.61 Å². The van der Waals surface area contributed by atoms with E-state index >= 15 is 0 Å². The monoisotopic (exact) mass is 225 g/mol. The van der Waals surface area contributed by atoms with E-state index in [1.165, 1.54) is 6.08 Å². The second kappa shape index (κ2) is 5.41. The van der Waals surface area contributed by atoms with Gasteiger partial charge in [0.05, 0.1) is 0 Å². The van der Waals surface area contributed by atoms with Gasteiger partial charge in [-0.25, -0.2) is 4.79 Å². The van der Waals surface area contributed by atoms with Gasteiger partial charge in [-0.15, -0.1) is 0 Å². The van der Waals surface area contributed by atoms with Crippen molar-refractivity contribution in [1.82, 2.24) is 0 Å². The Morgan fingerprint density at radius 2 is 2.07 bits per heavy atom. The molecular formula is C11H12ClNO2. The fourth-order valence-electron chi connectivity index (χ4n) is 0.963. The largest absolute Gasteiger partial charge is 0.458 e. The molecule has 0 aliphatic rings. The molecule has 0 amide bonds. The molecule has 0 radical (unpaired) electrons. The van der Waals surface area contributed by atoms with Crippen molar-refractivity contribution in [2.45, 2.75) is 13.5 Å². The predicted octanol–water partition coefficient (Wildman–Crippen LogP) is 2.25. The summed E-state index contributed by atoms with van der Waals surface area (Å²) in [4.78, 5) is 11.1. The van der Waals surface area contributed by atoms with Crippen molar-refractivity contribution >= 4 is 17.6 Å². The van der Waals surface area contributed by atoms with Crippen LogP contribution in [0.4, 0.5) is 0 Å². The molecule has 0 aromatic heterocycles. The standard InChI is InChI=1S/C11H12ClNO2/c1-8(13)6-11(14)15-7-9-2-4-10(12)5-3-9/h2-6H,7,13H2,1H3/b8-6-. The highest BCUT2D eigenvalue weighted by molar-refractivity contribution is 6.30. The lowest BCUT2D eigenvalue weighted by Crippen LogP contribution is -2.04. The van der Waals surface area contributed by atoms with Gasteiger partial charge in [-0.05, 0) is 24.6 Å². The Morgan fingerprint density at radius 3 is 2.60 bits per heavy atom. The zero-order chi connectivity index (χ0) is 11.3. The van der Waals surface area contributed by atoms with Crippen LogP contribution in [0.1, 0.15) is 12.5 Å². The number of rotatable bonds is 3. The lowest BCUT2D eigenvalue weighted by atomic mass is 10.2. The fraction of sp³-hybridized carbons (Fsp3) is 0.182. The molecule has 0 aliphatic carbocycles. The molecule has 0 atom stereocenters. The summed E-state index contributed by atoms with van der Waals surface area (Å²) in [5.74, 6) is -0.440. The summed E-state index contributed by atoms with van der Waals surface area (Å²) in [6, 6.07) is 7.09. The smallest absolute Gasteiger partial charge is 0.332 e. The van der Waals surface area contributed by atoms with Crippen molar-refractivity contribution in [3.63, 3.8) is 0 Å². The van der Waals surface area contributed by atoms with Crippen LogP contribution in [0.25, 0.3) is 0 Å². The average Bonchev–Trinajstić information content (AvgIpc) is 2.16. The topological polar surface area (TPSA) is 52.3 Å². The number of halogens is 1. The Balaban J connectivity index is 2.47. The summed E-state index contributed by atoms with van der Waals surface area (Å²) in [5, 5.41) is 0.655. The first kappa shape index (κ1) is 11.6. The fourth-order valence-corrected chi connectivity index (χ4v) is 1.09. The highest BCUT2D eigenvalue weighted by Gasteiger charge is 1.99. The maximum Gasteiger partial charge on any atom is 0.332 e. The van der Waals surface area contributed by atoms with Gasteiger partial charge >= 0.3 is 5.97 Å². The Labute approximate surface area is 93.5 Å². The molecule has 0 saturated heterocycles. The minimum absolute atomic E-state index is 0.222. The molecular weight excluding hydrogens is 214 g/mol. The first-order valence-electron chi connectivity index (χ1n) is 4.43. The van der Waals surface area contributed by atoms with E-state index in [1.54, 1.807) is 31.2 Å². The highest BCUT2D eigenvalue weighted by Crippen LogP contribution is 2.10. The molecule has 0 saturated carbocycles. The van der Waals surface area contributed by atoms with Gasteiger partial charge in [-0.3, -0.25) is 0 Å². The summed E-state index contributed by atoms with van der Waals surface area (Å²) in [5.41, 5.74) is 6.64. The normalized spacial score (nSPS) is 11.2. The number of esters is 1. The van der Waals surface area contributed by atoms with Gasteiger partial charge in [-0.2, -0.15) is 0 Å². The van der Waals surface area contributed by atoms with E-state index in [1.807, 2.05) is 0 Å². The summed E-state index contributed by atoms with van der Waals surface area (Å²) in [7, 11) is 0. The number of benzene rings is 1. The van der Waals surface area contributed by atoms with E-state index in [9.17, 15) is 4.79 Å². The molecule has 1 aromatic rings. The van der Waals surface area contributed by atoms with Crippen molar-refractivity contribution in [2.24, 2.45) is 5.73 Å². The van der Waals surface area contributed by atoms with E-state index in [2.05, 4.69) is 0 Å². The van der Waals surface area contributed by atoms with Gasteiger partial charge in [-0.1, -0.05) is 23.7 Å². The van der Waals surface area contributed by atoms with E-state index < -0.39 is 5.97 Å². The van der Waals surface area contributed by atoms with Crippen LogP contribution in [0.3, 0.4) is 0 Å². The summed E-state index contributed by atoms with van der Waals surface area (Å²) in [6.07, 6.45) is 1.25. The maximum atomic E-state index is 11.1. The van der Waals surface area contributed by atoms with Crippen molar-refractivity contribution in [3.05, 3.63) is 46.6 Å². The van der Waals surface area contributed by atoms with Crippen molar-refractivity contribution in [3.8, 4) is 0 Å². The van der Waals surface area contributed by atoms with Gasteiger partial charge in [0.25, 0.3) is 0 Å². The molecule has 0 fully saturated rings. The third-order valence-electron chi connectivity index (χ3n) is 1.64. The van der Waals surface area contributed by atoms with Crippen LogP contribution in [-0.2, 0) is 16.1 Å². The zero-order valence-corrected chi connectivity index (χ0v) is 9.12. The van der Waals surface area contributed by atoms with Crippen LogP contribution in [0.2, 0.25) is 5.02 Å². The minimum Gasteiger partial charge on any atom is -0.458 e. The summed E-state index contributed by atoms with van der Waals surface area (Å²) < 4.78 is 4.94. The molecule has 0 heterocycles. The Kier molecular flexibility index (Phi) is 4.18. The molecule has 0 spiro atoms. The Morgan fingerprint density at radius 1 is 1.47 bits per heavy atom. The first-order chi connectivity index (χ1) is 7.08. The van der Waals surface area contributed by atoms with Crippen molar-refractivity contribution in [1.29, 1.82) is 0 Å². The quantitative estimate of drug-likeness (QED) is 0.634. The van der Waals surface area contributed by atoms with Crippen LogP contribution in [0.15, 0.2) is 36.0 Å². The van der Waals surface area contributed by atoms with Gasteiger partial charge in [0, 0.05) is 16.8 Å². The lowest BCUT2D eigenvalue weighted by molar-refractivity contribution is -0.139. The molecule has 0 bridgehead atoms. The third-order valence-corrected chi connectivity index (χ3v) is 1.89. The van der Waals surface area contributed by atoms with Crippen molar-refractivity contribution in [2.75, 3.05) is 0 Å². The van der Waals surface area contributed by atoms with E-state index in [0.717, 1.165) is 5.56 Å². The lowest BCUT2D eigenvalue weighted by Gasteiger charge is -2.02. The molecule has 3 nitrogen and oxygen atoms in total. The number of nitrogens with two attached hydrogens (primary N) is 1. The third kappa shape index (κ3) is 4.51. The second-order valence-corrected chi connectivity index (χ2v) is 3.56. The molecule has 1 rings (SSSR count). The SMILES string of the molecule is C/C(N)=C/C(=O)OCc1ccc(Cl)cc1. The summed E-state index contributed by atoms with van der Waals surface area (Å²) in [6.45, 7) is 1.85. The molecule has 0 unspecified atom stereocenters. The molecule has 1 aromatic carbocycles. The molecule has 80 valence electrons. The Bertz CT molecular complexity index is 367. The first-order valence-corrected chi connectivity index (χ1v) is 4.80. The molecule has 0 aliphatic heterocycles. The molecule has 4 heteroatoms. The molecule has 15 heavy (non-hydrogen) atoms. The van der Waals surface area contributed by atoms with Crippen LogP contribution in [-0.4, -0.2) is 5.97 Å². The maximum absolute atomic E-state index is 11.1. The predicted molar refractivity (Wildman–Crippen MR) is 59.2 cm³/mol. The van der Waals surface area contributed by atoms with Crippen LogP contribution in [0, 0.1) is 0 Å². The zero-order valence-electron chi connectivity index (χ0n) is 8.37. The highest BCUT2D eigenvalue weighted by atomic mass is 35.5. The van der Waals surface area contributed by atoms with E-state index in [0.29, 0.717) is 10.7 Å². The molecule has 2 N–H and O–H groups in total. The van der Waals surface area contributed by atoms with Crippen molar-refractivity contribution < 1.29 is 9.53 Å². The number of carbonyl (C=O) groups is 1. The van der Waals surface area contributed by atoms with Crippen LogP contribution < -0.4 is 5.73 Å². The number of allylic oxidation sites excluding steroid dienone is 1. The average molecular weight is 226 g/mol. The number of hydrogen-bond donors (Lipinski definition) is 1. The Hall–Kier alpha value is -1.48. The van der Waals surface area contributed by atoms with E-state index in [4.69, 9.17) is 22.1 Å². The number of ether oxygens (including phenoxy) is 1. The second-order valence-electron chi connectivity index (χ2n) is 3.12. The minimum atomic E-state index is -0.440. The van der Waals surface area contributed by atoms with Gasteiger partial charge in [0.2, 0.25) is 0 Å². The van der Waals surface area contributed by atoms with Gasteiger partial charge in [0.15, 0.2) is 0 Å². The number of hydrogen-bond acceptors (Lipinski definition) is 3. The summed E-state index contributed by atoms with van der Waals surface area (Å²) >= 11 is 5.71.